The molecule has 7 nitrogen and oxygen atoms in total. The highest BCUT2D eigenvalue weighted by atomic mass is 127. The van der Waals surface area contributed by atoms with Gasteiger partial charge in [0.15, 0.2) is 5.96 Å². The van der Waals surface area contributed by atoms with Crippen LogP contribution in [0.5, 0.6) is 0 Å². The minimum atomic E-state index is -0.595. The van der Waals surface area contributed by atoms with Crippen LogP contribution in [0.15, 0.2) is 53.5 Å². The molecule has 0 bridgehead atoms. The van der Waals surface area contributed by atoms with E-state index in [0.29, 0.717) is 43.1 Å². The number of amides is 2. The third kappa shape index (κ3) is 8.76. The van der Waals surface area contributed by atoms with Gasteiger partial charge in [0, 0.05) is 18.7 Å². The van der Waals surface area contributed by atoms with Crippen LogP contribution in [0.25, 0.3) is 0 Å². The minimum absolute atomic E-state index is 0. The zero-order valence-electron chi connectivity index (χ0n) is 16.8. The summed E-state index contributed by atoms with van der Waals surface area (Å²) in [5.74, 6) is -0.534. The smallest absolute Gasteiger partial charge is 0.251 e. The first-order chi connectivity index (χ1) is 14.0. The molecule has 0 spiro atoms. The third-order valence-corrected chi connectivity index (χ3v) is 4.05. The van der Waals surface area contributed by atoms with Crippen LogP contribution >= 0.6 is 24.0 Å². The Bertz CT molecular complexity index is 859. The van der Waals surface area contributed by atoms with Gasteiger partial charge in [-0.25, -0.2) is 9.38 Å². The molecule has 0 atom stereocenters. The van der Waals surface area contributed by atoms with Crippen molar-refractivity contribution in [1.82, 2.24) is 16.0 Å². The van der Waals surface area contributed by atoms with E-state index in [1.54, 1.807) is 36.4 Å². The zero-order valence-corrected chi connectivity index (χ0v) is 19.1. The standard InChI is InChI=1S/C21H26FN5O2.HI/c1-2-24-21(25-12-11-16-5-3-4-6-18(16)22)27-13-15-7-9-17(10-8-15)20(29)26-14-19(23)28;/h3-10H,2,11-14H2,1H3,(H2,23,28)(H,26,29)(H2,24,25,27);1H. The van der Waals surface area contributed by atoms with E-state index in [2.05, 4.69) is 20.9 Å². The molecule has 0 radical (unpaired) electrons. The Balaban J connectivity index is 0.00000450. The average Bonchev–Trinajstić information content (AvgIpc) is 2.72. The average molecular weight is 527 g/mol. The quantitative estimate of drug-likeness (QED) is 0.227. The van der Waals surface area contributed by atoms with Gasteiger partial charge in [-0.05, 0) is 42.7 Å². The van der Waals surface area contributed by atoms with Gasteiger partial charge in [-0.3, -0.25) is 9.59 Å². The fraction of sp³-hybridized carbons (Fsp3) is 0.286. The molecule has 30 heavy (non-hydrogen) atoms. The van der Waals surface area contributed by atoms with E-state index < -0.39 is 5.91 Å². The summed E-state index contributed by atoms with van der Waals surface area (Å²) in [6, 6.07) is 13.6. The monoisotopic (exact) mass is 527 g/mol. The number of halogens is 2. The number of carbonyl (C=O) groups excluding carboxylic acids is 2. The molecular weight excluding hydrogens is 500 g/mol. The Morgan fingerprint density at radius 2 is 1.73 bits per heavy atom. The summed E-state index contributed by atoms with van der Waals surface area (Å²) in [5.41, 5.74) is 7.02. The van der Waals surface area contributed by atoms with Crippen LogP contribution in [-0.4, -0.2) is 37.4 Å². The second kappa shape index (κ2) is 13.5. The number of rotatable bonds is 9. The van der Waals surface area contributed by atoms with Crippen LogP contribution in [0.1, 0.15) is 28.4 Å². The van der Waals surface area contributed by atoms with E-state index >= 15 is 0 Å². The summed E-state index contributed by atoms with van der Waals surface area (Å²) in [5, 5.41) is 8.77. The summed E-state index contributed by atoms with van der Waals surface area (Å²) in [4.78, 5) is 27.1. The highest BCUT2D eigenvalue weighted by Crippen LogP contribution is 2.07. The van der Waals surface area contributed by atoms with E-state index in [-0.39, 0.29) is 42.2 Å². The Morgan fingerprint density at radius 3 is 2.37 bits per heavy atom. The Hall–Kier alpha value is -2.69. The summed E-state index contributed by atoms with van der Waals surface area (Å²) in [6.45, 7) is 3.43. The molecule has 162 valence electrons. The number of benzene rings is 2. The fourth-order valence-electron chi connectivity index (χ4n) is 2.56. The van der Waals surface area contributed by atoms with Gasteiger partial charge in [0.05, 0.1) is 13.1 Å². The lowest BCUT2D eigenvalue weighted by molar-refractivity contribution is -0.117. The normalized spacial score (nSPS) is 10.7. The van der Waals surface area contributed by atoms with E-state index in [0.717, 1.165) is 5.56 Å². The minimum Gasteiger partial charge on any atom is -0.368 e. The molecule has 0 aromatic heterocycles. The van der Waals surface area contributed by atoms with Crippen LogP contribution in [-0.2, 0) is 17.8 Å². The Labute approximate surface area is 192 Å². The molecule has 5 N–H and O–H groups in total. The largest absolute Gasteiger partial charge is 0.368 e. The number of nitrogens with one attached hydrogen (secondary N) is 3. The first kappa shape index (κ1) is 25.3. The number of hydrogen-bond acceptors (Lipinski definition) is 3. The molecule has 2 aromatic rings. The fourth-order valence-corrected chi connectivity index (χ4v) is 2.56. The van der Waals surface area contributed by atoms with Crippen molar-refractivity contribution < 1.29 is 14.0 Å². The molecular formula is C21H27FIN5O2. The van der Waals surface area contributed by atoms with Crippen molar-refractivity contribution in [3.05, 3.63) is 71.0 Å². The maximum atomic E-state index is 13.7. The van der Waals surface area contributed by atoms with E-state index in [9.17, 15) is 14.0 Å². The van der Waals surface area contributed by atoms with Gasteiger partial charge < -0.3 is 21.7 Å². The van der Waals surface area contributed by atoms with Gasteiger partial charge in [0.25, 0.3) is 5.91 Å². The van der Waals surface area contributed by atoms with Gasteiger partial charge in [0.2, 0.25) is 5.91 Å². The molecule has 0 aliphatic rings. The first-order valence-corrected chi connectivity index (χ1v) is 9.40. The van der Waals surface area contributed by atoms with Crippen LogP contribution in [0.2, 0.25) is 0 Å². The van der Waals surface area contributed by atoms with Crippen molar-refractivity contribution >= 4 is 41.8 Å². The van der Waals surface area contributed by atoms with Gasteiger partial charge in [-0.1, -0.05) is 30.3 Å². The molecule has 2 amide bonds. The summed E-state index contributed by atoms with van der Waals surface area (Å²) < 4.78 is 13.7. The second-order valence-electron chi connectivity index (χ2n) is 6.31. The summed E-state index contributed by atoms with van der Waals surface area (Å²) in [7, 11) is 0. The maximum absolute atomic E-state index is 13.7. The number of primary amides is 1. The topological polar surface area (TPSA) is 109 Å². The van der Waals surface area contributed by atoms with E-state index in [4.69, 9.17) is 5.73 Å². The van der Waals surface area contributed by atoms with E-state index in [1.165, 1.54) is 6.07 Å². The van der Waals surface area contributed by atoms with Gasteiger partial charge in [-0.15, -0.1) is 24.0 Å². The zero-order chi connectivity index (χ0) is 21.1. The lowest BCUT2D eigenvalue weighted by atomic mass is 10.1. The highest BCUT2D eigenvalue weighted by molar-refractivity contribution is 14.0. The molecule has 0 aliphatic heterocycles. The molecule has 0 unspecified atom stereocenters. The lowest BCUT2D eigenvalue weighted by Gasteiger charge is -2.12. The van der Waals surface area contributed by atoms with Crippen molar-refractivity contribution in [2.75, 3.05) is 19.6 Å². The molecule has 0 fully saturated rings. The number of guanidine groups is 1. The number of hydrogen-bond donors (Lipinski definition) is 4. The molecule has 0 saturated carbocycles. The number of nitrogens with zero attached hydrogens (tertiary/aromatic N) is 1. The molecule has 0 aliphatic carbocycles. The predicted octanol–water partition coefficient (Wildman–Crippen LogP) is 1.96. The van der Waals surface area contributed by atoms with Crippen LogP contribution in [0.4, 0.5) is 4.39 Å². The number of nitrogens with two attached hydrogens (primary N) is 1. The SMILES string of the molecule is CCNC(=NCc1ccc(C(=O)NCC(N)=O)cc1)NCCc1ccccc1F.I. The maximum Gasteiger partial charge on any atom is 0.251 e. The summed E-state index contributed by atoms with van der Waals surface area (Å²) >= 11 is 0. The third-order valence-electron chi connectivity index (χ3n) is 4.05. The van der Waals surface area contributed by atoms with Gasteiger partial charge >= 0.3 is 0 Å². The van der Waals surface area contributed by atoms with Crippen molar-refractivity contribution in [2.45, 2.75) is 19.9 Å². The molecule has 0 heterocycles. The summed E-state index contributed by atoms with van der Waals surface area (Å²) in [6.07, 6.45) is 0.548. The van der Waals surface area contributed by atoms with Gasteiger partial charge in [-0.2, -0.15) is 0 Å². The molecule has 2 rings (SSSR count). The van der Waals surface area contributed by atoms with Crippen molar-refractivity contribution in [3.63, 3.8) is 0 Å². The van der Waals surface area contributed by atoms with Crippen LogP contribution in [0.3, 0.4) is 0 Å². The second-order valence-corrected chi connectivity index (χ2v) is 6.31. The van der Waals surface area contributed by atoms with Crippen molar-refractivity contribution in [1.29, 1.82) is 0 Å². The molecule has 9 heteroatoms. The highest BCUT2D eigenvalue weighted by Gasteiger charge is 2.06. The number of carbonyl (C=O) groups is 2. The Morgan fingerprint density at radius 1 is 1.03 bits per heavy atom. The lowest BCUT2D eigenvalue weighted by Crippen LogP contribution is -2.38. The molecule has 0 saturated heterocycles. The van der Waals surface area contributed by atoms with Crippen molar-refractivity contribution in [3.8, 4) is 0 Å². The van der Waals surface area contributed by atoms with Crippen LogP contribution < -0.4 is 21.7 Å². The Kier molecular flexibility index (Phi) is 11.4. The first-order valence-electron chi connectivity index (χ1n) is 9.40. The van der Waals surface area contributed by atoms with Gasteiger partial charge in [0.1, 0.15) is 5.82 Å². The van der Waals surface area contributed by atoms with E-state index in [1.807, 2.05) is 13.0 Å². The molecule has 2 aromatic carbocycles. The number of aliphatic imine (C=N–C) groups is 1. The van der Waals surface area contributed by atoms with Crippen LogP contribution in [0, 0.1) is 5.82 Å². The predicted molar refractivity (Wildman–Crippen MR) is 126 cm³/mol. The van der Waals surface area contributed by atoms with Crippen molar-refractivity contribution in [2.24, 2.45) is 10.7 Å².